The van der Waals surface area contributed by atoms with E-state index in [-0.39, 0.29) is 11.8 Å². The van der Waals surface area contributed by atoms with E-state index in [1.54, 1.807) is 0 Å². The van der Waals surface area contributed by atoms with Gasteiger partial charge in [0.15, 0.2) is 5.75 Å². The molecule has 0 saturated heterocycles. The predicted octanol–water partition coefficient (Wildman–Crippen LogP) is 15.0. The molecule has 0 radical (unpaired) electrons. The third-order valence-electron chi connectivity index (χ3n) is 14.0. The average molecular weight is 796 g/mol. The molecule has 0 saturated carbocycles. The van der Waals surface area contributed by atoms with E-state index in [1.807, 2.05) is 12.2 Å². The molecule has 1 aliphatic heterocycles. The Morgan fingerprint density at radius 2 is 1.45 bits per heavy atom. The van der Waals surface area contributed by atoms with Crippen LogP contribution in [0.1, 0.15) is 58.8 Å². The van der Waals surface area contributed by atoms with E-state index in [4.69, 9.17) is 9.15 Å². The fraction of sp³-hybridized carbons (Fsp3) is 0.119. The van der Waals surface area contributed by atoms with Crippen molar-refractivity contribution in [3.05, 3.63) is 214 Å². The number of furan rings is 1. The van der Waals surface area contributed by atoms with Gasteiger partial charge in [-0.25, -0.2) is 0 Å². The van der Waals surface area contributed by atoms with E-state index in [0.717, 1.165) is 64.3 Å². The van der Waals surface area contributed by atoms with Crippen LogP contribution in [-0.4, -0.2) is 11.2 Å². The van der Waals surface area contributed by atoms with Gasteiger partial charge < -0.3 is 13.7 Å². The van der Waals surface area contributed by atoms with E-state index < -0.39 is 0 Å². The number of hydrogen-bond donors (Lipinski definition) is 0. The number of rotatable bonds is 5. The van der Waals surface area contributed by atoms with E-state index in [9.17, 15) is 0 Å². The number of aromatic nitrogens is 1. The normalized spacial score (nSPS) is 16.2. The highest BCUT2D eigenvalue weighted by molar-refractivity contribution is 6.22. The Balaban J connectivity index is 1.08. The van der Waals surface area contributed by atoms with Crippen molar-refractivity contribution < 1.29 is 9.15 Å². The SMILES string of the molecule is CC(c1ccc(-c2ccccc2)cc1)C1Cc2ccccc2-c2c1ccc1c2c2c(-c3ccc4oc5c(c4c3)C=CCC5)cccc2n1-c1cccc2c1OCC1=C2C=C=C=C1. The maximum Gasteiger partial charge on any atom is 0.151 e. The zero-order chi connectivity index (χ0) is 40.9. The fourth-order valence-electron chi connectivity index (χ4n) is 11.0. The molecule has 0 spiro atoms. The van der Waals surface area contributed by atoms with Gasteiger partial charge in [-0.3, -0.25) is 0 Å². The number of hydrogen-bond acceptors (Lipinski definition) is 2. The van der Waals surface area contributed by atoms with Crippen LogP contribution in [0.5, 0.6) is 5.75 Å². The predicted molar refractivity (Wildman–Crippen MR) is 254 cm³/mol. The summed E-state index contributed by atoms with van der Waals surface area (Å²) in [7, 11) is 0. The van der Waals surface area contributed by atoms with Crippen molar-refractivity contribution in [1.29, 1.82) is 0 Å². The molecule has 0 fully saturated rings. The molecule has 3 nitrogen and oxygen atoms in total. The minimum atomic E-state index is 0.274. The Labute approximate surface area is 360 Å². The summed E-state index contributed by atoms with van der Waals surface area (Å²) >= 11 is 0. The monoisotopic (exact) mass is 795 g/mol. The number of benzene rings is 7. The number of aryl methyl sites for hydroxylation is 1. The third kappa shape index (κ3) is 5.26. The second kappa shape index (κ2) is 13.7. The Kier molecular flexibility index (Phi) is 7.81. The van der Waals surface area contributed by atoms with Crippen molar-refractivity contribution in [2.45, 2.75) is 38.0 Å². The Bertz CT molecular complexity index is 3520. The molecular weight excluding hydrogens is 755 g/mol. The van der Waals surface area contributed by atoms with Crippen molar-refractivity contribution >= 4 is 44.4 Å². The molecule has 0 N–H and O–H groups in total. The third-order valence-corrected chi connectivity index (χ3v) is 14.0. The molecule has 4 aliphatic rings. The number of allylic oxidation sites excluding steroid dienone is 3. The lowest BCUT2D eigenvalue weighted by atomic mass is 9.70. The Morgan fingerprint density at radius 1 is 0.677 bits per heavy atom. The lowest BCUT2D eigenvalue weighted by Crippen LogP contribution is -2.17. The summed E-state index contributed by atoms with van der Waals surface area (Å²) in [6.07, 6.45) is 11.5. The maximum atomic E-state index is 6.74. The minimum absolute atomic E-state index is 0.274. The molecule has 0 bridgehead atoms. The molecule has 3 aliphatic carbocycles. The fourth-order valence-corrected chi connectivity index (χ4v) is 11.0. The van der Waals surface area contributed by atoms with Crippen molar-refractivity contribution in [3.8, 4) is 44.8 Å². The van der Waals surface area contributed by atoms with Crippen molar-refractivity contribution in [1.82, 2.24) is 4.57 Å². The summed E-state index contributed by atoms with van der Waals surface area (Å²) < 4.78 is 15.6. The lowest BCUT2D eigenvalue weighted by molar-refractivity contribution is 0.349. The van der Waals surface area contributed by atoms with Gasteiger partial charge in [-0.15, -0.1) is 0 Å². The molecule has 2 aromatic heterocycles. The lowest BCUT2D eigenvalue weighted by Gasteiger charge is -2.33. The van der Waals surface area contributed by atoms with Crippen LogP contribution in [0, 0.1) is 0 Å². The van der Waals surface area contributed by atoms with Crippen LogP contribution in [-0.2, 0) is 12.8 Å². The average Bonchev–Trinajstić information content (AvgIpc) is 3.89. The van der Waals surface area contributed by atoms with E-state index in [2.05, 4.69) is 181 Å². The minimum Gasteiger partial charge on any atom is -0.486 e. The molecule has 3 heterocycles. The molecule has 3 heteroatoms. The second-order valence-electron chi connectivity index (χ2n) is 17.3. The van der Waals surface area contributed by atoms with Gasteiger partial charge in [-0.2, -0.15) is 0 Å². The molecule has 0 amide bonds. The van der Waals surface area contributed by atoms with E-state index >= 15 is 0 Å². The van der Waals surface area contributed by atoms with E-state index in [1.165, 1.54) is 77.3 Å². The van der Waals surface area contributed by atoms with Gasteiger partial charge >= 0.3 is 0 Å². The van der Waals surface area contributed by atoms with Crippen molar-refractivity contribution in [3.63, 3.8) is 0 Å². The maximum absolute atomic E-state index is 6.74. The van der Waals surface area contributed by atoms with Gasteiger partial charge in [0.25, 0.3) is 0 Å². The first-order valence-corrected chi connectivity index (χ1v) is 21.9. The summed E-state index contributed by atoms with van der Waals surface area (Å²) in [4.78, 5) is 0. The quantitative estimate of drug-likeness (QED) is 0.162. The summed E-state index contributed by atoms with van der Waals surface area (Å²) in [5.41, 5.74) is 26.9. The number of nitrogens with zero attached hydrogens (tertiary/aromatic N) is 1. The van der Waals surface area contributed by atoms with Crippen LogP contribution < -0.4 is 4.74 Å². The molecule has 7 aromatic carbocycles. The van der Waals surface area contributed by atoms with Gasteiger partial charge in [0, 0.05) is 44.9 Å². The summed E-state index contributed by atoms with van der Waals surface area (Å²) in [5, 5.41) is 3.70. The number of ether oxygens (including phenoxy) is 1. The first-order valence-electron chi connectivity index (χ1n) is 21.9. The highest BCUT2D eigenvalue weighted by Gasteiger charge is 2.34. The Morgan fingerprint density at radius 3 is 2.37 bits per heavy atom. The molecule has 62 heavy (non-hydrogen) atoms. The van der Waals surface area contributed by atoms with Crippen LogP contribution in [0.15, 0.2) is 185 Å². The second-order valence-corrected chi connectivity index (χ2v) is 17.3. The number of fused-ring (bicyclic) bond motifs is 12. The molecule has 13 rings (SSSR count). The summed E-state index contributed by atoms with van der Waals surface area (Å²) in [5.74, 6) is 2.53. The zero-order valence-electron chi connectivity index (χ0n) is 34.4. The van der Waals surface area contributed by atoms with Gasteiger partial charge in [0.05, 0.1) is 16.7 Å². The van der Waals surface area contributed by atoms with Crippen LogP contribution in [0.2, 0.25) is 0 Å². The standard InChI is InChI=1S/C59H41NO2/c1-36(37-25-27-39(28-26-37)38-13-3-2-4-14-38)49-33-40-15-5-8-18-44(40)56-47(49)30-31-52-58(56)57-45(41-29-32-55-50(34-41)46-19-9-10-24-54(46)62-55)20-11-22-51(57)60(52)53-23-12-21-48-43-17-7-6-16-42(43)35-61-59(48)53/h2-5,8-9,11-23,25-32,34,36,49H,10,24,33,35H2,1H3. The van der Waals surface area contributed by atoms with E-state index in [0.29, 0.717) is 6.61 Å². The first-order chi connectivity index (χ1) is 30.7. The molecule has 2 atom stereocenters. The van der Waals surface area contributed by atoms with Gasteiger partial charge in [0.1, 0.15) is 18.0 Å². The van der Waals surface area contributed by atoms with Crippen molar-refractivity contribution in [2.75, 3.05) is 6.61 Å². The first kappa shape index (κ1) is 35.2. The van der Waals surface area contributed by atoms with Crippen molar-refractivity contribution in [2.24, 2.45) is 0 Å². The van der Waals surface area contributed by atoms with Gasteiger partial charge in [0.2, 0.25) is 0 Å². The highest BCUT2D eigenvalue weighted by Crippen LogP contribution is 2.53. The topological polar surface area (TPSA) is 27.3 Å². The van der Waals surface area contributed by atoms with Crippen LogP contribution in [0.25, 0.3) is 83.5 Å². The largest absolute Gasteiger partial charge is 0.486 e. The molecule has 9 aromatic rings. The zero-order valence-corrected chi connectivity index (χ0v) is 34.4. The highest BCUT2D eigenvalue weighted by atomic mass is 16.5. The summed E-state index contributed by atoms with van der Waals surface area (Å²) in [6, 6.07) is 54.1. The van der Waals surface area contributed by atoms with Gasteiger partial charge in [-0.1, -0.05) is 146 Å². The van der Waals surface area contributed by atoms with Crippen LogP contribution >= 0.6 is 0 Å². The molecular formula is C59H41NO2. The van der Waals surface area contributed by atoms with Crippen LogP contribution in [0.3, 0.4) is 0 Å². The van der Waals surface area contributed by atoms with Crippen LogP contribution in [0.4, 0.5) is 0 Å². The molecule has 2 unspecified atom stereocenters. The summed E-state index contributed by atoms with van der Waals surface area (Å²) in [6.45, 7) is 2.92. The van der Waals surface area contributed by atoms with Gasteiger partial charge in [-0.05, 0) is 117 Å². The smallest absolute Gasteiger partial charge is 0.151 e. The molecule has 294 valence electrons. The number of para-hydroxylation sites is 1. The Hall–Kier alpha value is -7.54.